The molecule has 1 aromatic heterocycles. The lowest BCUT2D eigenvalue weighted by Gasteiger charge is -2.26. The number of aliphatic carboxylic acids is 1. The lowest BCUT2D eigenvalue weighted by atomic mass is 9.79. The Bertz CT molecular complexity index is 455. The van der Waals surface area contributed by atoms with Gasteiger partial charge in [-0.05, 0) is 18.3 Å². The summed E-state index contributed by atoms with van der Waals surface area (Å²) in [7, 11) is 0. The summed E-state index contributed by atoms with van der Waals surface area (Å²) in [6, 6.07) is 0. The average molecular weight is 263 g/mol. The molecule has 1 heterocycles. The van der Waals surface area contributed by atoms with Gasteiger partial charge >= 0.3 is 5.97 Å². The summed E-state index contributed by atoms with van der Waals surface area (Å²) in [6.45, 7) is 0. The van der Waals surface area contributed by atoms with Crippen LogP contribution in [0, 0.1) is 5.41 Å². The first-order chi connectivity index (χ1) is 9.10. The maximum Gasteiger partial charge on any atom is 0.303 e. The number of aromatic nitrogens is 2. The molecule has 0 aliphatic heterocycles. The van der Waals surface area contributed by atoms with Crippen LogP contribution >= 0.6 is 0 Å². The Morgan fingerprint density at radius 3 is 2.42 bits per heavy atom. The Hall–Kier alpha value is -1.98. The number of hydrogen-bond donors (Lipinski definition) is 2. The van der Waals surface area contributed by atoms with Crippen LogP contribution in [0.1, 0.15) is 38.5 Å². The summed E-state index contributed by atoms with van der Waals surface area (Å²) in [5.41, 5.74) is 0.155. The van der Waals surface area contributed by atoms with E-state index in [9.17, 15) is 9.59 Å². The van der Waals surface area contributed by atoms with Gasteiger partial charge < -0.3 is 10.4 Å². The van der Waals surface area contributed by atoms with Gasteiger partial charge in [-0.25, -0.2) is 9.97 Å². The summed E-state index contributed by atoms with van der Waals surface area (Å²) < 4.78 is 0. The number of anilines is 1. The quantitative estimate of drug-likeness (QED) is 0.845. The minimum atomic E-state index is -0.835. The van der Waals surface area contributed by atoms with Crippen molar-refractivity contribution in [3.63, 3.8) is 0 Å². The number of carboxylic acids is 1. The van der Waals surface area contributed by atoms with Crippen molar-refractivity contribution in [1.29, 1.82) is 0 Å². The van der Waals surface area contributed by atoms with Crippen LogP contribution in [0.15, 0.2) is 18.7 Å². The van der Waals surface area contributed by atoms with Crippen LogP contribution < -0.4 is 5.32 Å². The normalized spacial score (nSPS) is 17.1. The molecule has 1 aliphatic rings. The fourth-order valence-corrected chi connectivity index (χ4v) is 2.77. The molecule has 1 aliphatic carbocycles. The Kier molecular flexibility index (Phi) is 4.09. The summed E-state index contributed by atoms with van der Waals surface area (Å²) in [5, 5.41) is 11.7. The monoisotopic (exact) mass is 263 g/mol. The molecule has 19 heavy (non-hydrogen) atoms. The number of rotatable bonds is 5. The zero-order valence-corrected chi connectivity index (χ0v) is 10.6. The Morgan fingerprint density at radius 1 is 1.21 bits per heavy atom. The Balaban J connectivity index is 1.97. The van der Waals surface area contributed by atoms with Gasteiger partial charge in [0.25, 0.3) is 0 Å². The standard InChI is InChI=1S/C13H17N3O3/c17-11(16-10-7-14-9-15-8-10)5-13(6-12(18)19)3-1-2-4-13/h7-9H,1-6H2,(H,16,17)(H,18,19). The molecule has 1 saturated carbocycles. The summed E-state index contributed by atoms with van der Waals surface area (Å²) >= 11 is 0. The zero-order valence-electron chi connectivity index (χ0n) is 10.6. The van der Waals surface area contributed by atoms with Gasteiger partial charge in [0, 0.05) is 6.42 Å². The van der Waals surface area contributed by atoms with Crippen molar-refractivity contribution in [1.82, 2.24) is 9.97 Å². The number of nitrogens with zero attached hydrogens (tertiary/aromatic N) is 2. The summed E-state index contributed by atoms with van der Waals surface area (Å²) in [4.78, 5) is 30.6. The molecule has 2 N–H and O–H groups in total. The number of carbonyl (C=O) groups is 2. The van der Waals surface area contributed by atoms with Gasteiger partial charge in [0.1, 0.15) is 6.33 Å². The molecule has 1 aromatic rings. The molecule has 1 amide bonds. The molecular weight excluding hydrogens is 246 g/mol. The van der Waals surface area contributed by atoms with E-state index in [1.165, 1.54) is 18.7 Å². The first-order valence-corrected chi connectivity index (χ1v) is 6.36. The lowest BCUT2D eigenvalue weighted by Crippen LogP contribution is -2.27. The van der Waals surface area contributed by atoms with Crippen molar-refractivity contribution in [2.24, 2.45) is 5.41 Å². The zero-order chi connectivity index (χ0) is 13.7. The predicted molar refractivity (Wildman–Crippen MR) is 68.4 cm³/mol. The van der Waals surface area contributed by atoms with Crippen LogP contribution in [0.3, 0.4) is 0 Å². The highest BCUT2D eigenvalue weighted by molar-refractivity contribution is 5.91. The van der Waals surface area contributed by atoms with E-state index in [-0.39, 0.29) is 24.2 Å². The number of nitrogens with one attached hydrogen (secondary N) is 1. The molecule has 6 heteroatoms. The van der Waals surface area contributed by atoms with Gasteiger partial charge in [0.05, 0.1) is 24.5 Å². The van der Waals surface area contributed by atoms with E-state index in [4.69, 9.17) is 5.11 Å². The highest BCUT2D eigenvalue weighted by Crippen LogP contribution is 2.44. The highest BCUT2D eigenvalue weighted by atomic mass is 16.4. The van der Waals surface area contributed by atoms with Crippen LogP contribution in [0.25, 0.3) is 0 Å². The third kappa shape index (κ3) is 3.74. The van der Waals surface area contributed by atoms with Gasteiger partial charge in [0.15, 0.2) is 0 Å². The van der Waals surface area contributed by atoms with Crippen molar-refractivity contribution in [2.75, 3.05) is 5.32 Å². The van der Waals surface area contributed by atoms with Gasteiger partial charge in [-0.15, -0.1) is 0 Å². The summed E-state index contributed by atoms with van der Waals surface area (Å²) in [5.74, 6) is -1.00. The fourth-order valence-electron chi connectivity index (χ4n) is 2.77. The third-order valence-electron chi connectivity index (χ3n) is 3.57. The predicted octanol–water partition coefficient (Wildman–Crippen LogP) is 1.84. The number of carboxylic acid groups (broad SMARTS) is 1. The molecule has 0 unspecified atom stereocenters. The molecular formula is C13H17N3O3. The highest BCUT2D eigenvalue weighted by Gasteiger charge is 2.37. The maximum absolute atomic E-state index is 12.0. The number of amides is 1. The van der Waals surface area contributed by atoms with E-state index in [1.54, 1.807) is 0 Å². The van der Waals surface area contributed by atoms with Crippen LogP contribution in [0.2, 0.25) is 0 Å². The fraction of sp³-hybridized carbons (Fsp3) is 0.538. The van der Waals surface area contributed by atoms with E-state index < -0.39 is 5.97 Å². The van der Waals surface area contributed by atoms with E-state index in [0.29, 0.717) is 5.69 Å². The van der Waals surface area contributed by atoms with Crippen LogP contribution in [0.5, 0.6) is 0 Å². The van der Waals surface area contributed by atoms with Crippen LogP contribution in [-0.4, -0.2) is 27.0 Å². The van der Waals surface area contributed by atoms with E-state index in [1.807, 2.05) is 0 Å². The summed E-state index contributed by atoms with van der Waals surface area (Å²) in [6.07, 6.45) is 8.32. The third-order valence-corrected chi connectivity index (χ3v) is 3.57. The molecule has 0 bridgehead atoms. The molecule has 0 spiro atoms. The van der Waals surface area contributed by atoms with Crippen molar-refractivity contribution in [3.8, 4) is 0 Å². The smallest absolute Gasteiger partial charge is 0.303 e. The Morgan fingerprint density at radius 2 is 1.84 bits per heavy atom. The molecule has 0 saturated heterocycles. The second-order valence-corrected chi connectivity index (χ2v) is 5.13. The van der Waals surface area contributed by atoms with Crippen LogP contribution in [0.4, 0.5) is 5.69 Å². The van der Waals surface area contributed by atoms with Crippen molar-refractivity contribution in [3.05, 3.63) is 18.7 Å². The number of carbonyl (C=O) groups excluding carboxylic acids is 1. The molecule has 0 aromatic carbocycles. The SMILES string of the molecule is O=C(O)CC1(CC(=O)Nc2cncnc2)CCCC1. The van der Waals surface area contributed by atoms with E-state index in [0.717, 1.165) is 25.7 Å². The largest absolute Gasteiger partial charge is 0.481 e. The Labute approximate surface area is 111 Å². The molecule has 6 nitrogen and oxygen atoms in total. The lowest BCUT2D eigenvalue weighted by molar-refractivity contribution is -0.140. The second-order valence-electron chi connectivity index (χ2n) is 5.13. The van der Waals surface area contributed by atoms with E-state index >= 15 is 0 Å². The van der Waals surface area contributed by atoms with Crippen molar-refractivity contribution >= 4 is 17.6 Å². The van der Waals surface area contributed by atoms with Crippen LogP contribution in [-0.2, 0) is 9.59 Å². The molecule has 102 valence electrons. The van der Waals surface area contributed by atoms with Gasteiger partial charge in [-0.2, -0.15) is 0 Å². The van der Waals surface area contributed by atoms with Crippen molar-refractivity contribution < 1.29 is 14.7 Å². The average Bonchev–Trinajstić information content (AvgIpc) is 2.77. The minimum Gasteiger partial charge on any atom is -0.481 e. The van der Waals surface area contributed by atoms with E-state index in [2.05, 4.69) is 15.3 Å². The molecule has 0 radical (unpaired) electrons. The molecule has 1 fully saturated rings. The second kappa shape index (κ2) is 5.77. The minimum absolute atomic E-state index is 0.0612. The molecule has 2 rings (SSSR count). The van der Waals surface area contributed by atoms with Gasteiger partial charge in [-0.1, -0.05) is 12.8 Å². The van der Waals surface area contributed by atoms with Gasteiger partial charge in [0.2, 0.25) is 5.91 Å². The maximum atomic E-state index is 12.0. The molecule has 0 atom stereocenters. The van der Waals surface area contributed by atoms with Crippen molar-refractivity contribution in [2.45, 2.75) is 38.5 Å². The number of hydrogen-bond acceptors (Lipinski definition) is 4. The first kappa shape index (κ1) is 13.5. The van der Waals surface area contributed by atoms with Gasteiger partial charge in [-0.3, -0.25) is 9.59 Å². The topological polar surface area (TPSA) is 92.2 Å². The first-order valence-electron chi connectivity index (χ1n) is 6.36.